The molecule has 1 unspecified atom stereocenters. The second-order valence-electron chi connectivity index (χ2n) is 3.09. The van der Waals surface area contributed by atoms with Gasteiger partial charge in [-0.15, -0.1) is 0 Å². The molecule has 1 aromatic rings. The summed E-state index contributed by atoms with van der Waals surface area (Å²) in [5.41, 5.74) is 1.08. The Morgan fingerprint density at radius 3 is 3.08 bits per heavy atom. The Morgan fingerprint density at radius 2 is 2.46 bits per heavy atom. The predicted octanol–water partition coefficient (Wildman–Crippen LogP) is 1.58. The van der Waals surface area contributed by atoms with Crippen molar-refractivity contribution in [1.29, 1.82) is 0 Å². The molecule has 3 nitrogen and oxygen atoms in total. The Labute approximate surface area is 85.4 Å². The molecule has 1 aromatic heterocycles. The smallest absolute Gasteiger partial charge is 0.129 e. The van der Waals surface area contributed by atoms with E-state index < -0.39 is 0 Å². The number of rotatable bonds is 1. The summed E-state index contributed by atoms with van der Waals surface area (Å²) in [6, 6.07) is 2.39. The summed E-state index contributed by atoms with van der Waals surface area (Å²) >= 11 is 3.44. The summed E-state index contributed by atoms with van der Waals surface area (Å²) in [4.78, 5) is 8.40. The summed E-state index contributed by atoms with van der Waals surface area (Å²) in [6.45, 7) is 2.97. The number of nitrogens with zero attached hydrogens (tertiary/aromatic N) is 2. The van der Waals surface area contributed by atoms with Gasteiger partial charge >= 0.3 is 0 Å². The Morgan fingerprint density at radius 1 is 1.62 bits per heavy atom. The average Bonchev–Trinajstić information content (AvgIpc) is 2.53. The molecule has 0 amide bonds. The third kappa shape index (κ3) is 1.72. The first-order valence-corrected chi connectivity index (χ1v) is 4.97. The van der Waals surface area contributed by atoms with E-state index in [0.717, 1.165) is 22.4 Å². The molecular formula is C9H10BrN3. The number of pyridine rings is 1. The molecular weight excluding hydrogens is 230 g/mol. The molecule has 13 heavy (non-hydrogen) atoms. The highest BCUT2D eigenvalue weighted by Gasteiger charge is 2.15. The van der Waals surface area contributed by atoms with Gasteiger partial charge in [0.2, 0.25) is 0 Å². The Kier molecular flexibility index (Phi) is 2.31. The second kappa shape index (κ2) is 3.46. The SMILES string of the molecule is CC1CN=C(c2ccncc2Br)N1. The summed E-state index contributed by atoms with van der Waals surface area (Å²) in [5.74, 6) is 0.960. The van der Waals surface area contributed by atoms with E-state index in [1.807, 2.05) is 6.07 Å². The van der Waals surface area contributed by atoms with Gasteiger partial charge in [0, 0.05) is 28.5 Å². The molecule has 0 spiro atoms. The zero-order valence-corrected chi connectivity index (χ0v) is 8.87. The van der Waals surface area contributed by atoms with Gasteiger partial charge in [-0.25, -0.2) is 0 Å². The van der Waals surface area contributed by atoms with Crippen molar-refractivity contribution in [2.75, 3.05) is 6.54 Å². The molecule has 0 aromatic carbocycles. The predicted molar refractivity (Wildman–Crippen MR) is 55.9 cm³/mol. The van der Waals surface area contributed by atoms with Crippen molar-refractivity contribution in [2.45, 2.75) is 13.0 Å². The zero-order chi connectivity index (χ0) is 9.26. The van der Waals surface area contributed by atoms with E-state index in [0.29, 0.717) is 6.04 Å². The lowest BCUT2D eigenvalue weighted by molar-refractivity contribution is 0.726. The molecule has 2 rings (SSSR count). The molecule has 1 aliphatic rings. The van der Waals surface area contributed by atoms with Gasteiger partial charge in [0.1, 0.15) is 5.84 Å². The van der Waals surface area contributed by atoms with Crippen LogP contribution in [0.25, 0.3) is 0 Å². The van der Waals surface area contributed by atoms with Crippen LogP contribution in [0.4, 0.5) is 0 Å². The molecule has 0 radical (unpaired) electrons. The lowest BCUT2D eigenvalue weighted by atomic mass is 10.2. The van der Waals surface area contributed by atoms with Gasteiger partial charge in [0.25, 0.3) is 0 Å². The highest BCUT2D eigenvalue weighted by Crippen LogP contribution is 2.16. The molecule has 0 saturated heterocycles. The molecule has 0 fully saturated rings. The van der Waals surface area contributed by atoms with E-state index >= 15 is 0 Å². The van der Waals surface area contributed by atoms with Crippen molar-refractivity contribution < 1.29 is 0 Å². The minimum Gasteiger partial charge on any atom is -0.366 e. The molecule has 2 heterocycles. The monoisotopic (exact) mass is 239 g/mol. The number of nitrogens with one attached hydrogen (secondary N) is 1. The lowest BCUT2D eigenvalue weighted by Gasteiger charge is -2.06. The molecule has 0 aliphatic carbocycles. The molecule has 68 valence electrons. The van der Waals surface area contributed by atoms with Crippen LogP contribution in [0.2, 0.25) is 0 Å². The number of aromatic nitrogens is 1. The first-order chi connectivity index (χ1) is 6.27. The normalized spacial score (nSPS) is 21.1. The van der Waals surface area contributed by atoms with Gasteiger partial charge in [0.05, 0.1) is 6.54 Å². The first-order valence-electron chi connectivity index (χ1n) is 4.18. The second-order valence-corrected chi connectivity index (χ2v) is 3.94. The number of halogens is 1. The topological polar surface area (TPSA) is 37.3 Å². The van der Waals surface area contributed by atoms with Gasteiger partial charge in [-0.05, 0) is 28.9 Å². The molecule has 0 saturated carbocycles. The quantitative estimate of drug-likeness (QED) is 0.809. The first kappa shape index (κ1) is 8.69. The van der Waals surface area contributed by atoms with E-state index in [1.54, 1.807) is 12.4 Å². The van der Waals surface area contributed by atoms with Crippen molar-refractivity contribution in [3.8, 4) is 0 Å². The van der Waals surface area contributed by atoms with E-state index in [9.17, 15) is 0 Å². The Balaban J connectivity index is 2.31. The van der Waals surface area contributed by atoms with Crippen LogP contribution in [-0.4, -0.2) is 23.4 Å². The number of hydrogen-bond acceptors (Lipinski definition) is 3. The van der Waals surface area contributed by atoms with Gasteiger partial charge in [0.15, 0.2) is 0 Å². The maximum absolute atomic E-state index is 4.40. The van der Waals surface area contributed by atoms with E-state index in [1.165, 1.54) is 0 Å². The van der Waals surface area contributed by atoms with Gasteiger partial charge in [-0.3, -0.25) is 9.98 Å². The van der Waals surface area contributed by atoms with Crippen LogP contribution in [0.15, 0.2) is 27.9 Å². The van der Waals surface area contributed by atoms with Gasteiger partial charge < -0.3 is 5.32 Å². The number of aliphatic imine (C=N–C) groups is 1. The minimum absolute atomic E-state index is 0.440. The minimum atomic E-state index is 0.440. The summed E-state index contributed by atoms with van der Waals surface area (Å²) in [6.07, 6.45) is 3.55. The number of hydrogen-bond donors (Lipinski definition) is 1. The third-order valence-corrected chi connectivity index (χ3v) is 2.57. The highest BCUT2D eigenvalue weighted by atomic mass is 79.9. The highest BCUT2D eigenvalue weighted by molar-refractivity contribution is 9.10. The average molecular weight is 240 g/mol. The fraction of sp³-hybridized carbons (Fsp3) is 0.333. The van der Waals surface area contributed by atoms with Crippen LogP contribution in [-0.2, 0) is 0 Å². The van der Waals surface area contributed by atoms with Gasteiger partial charge in [-0.1, -0.05) is 0 Å². The standard InChI is InChI=1S/C9H10BrN3/c1-6-4-12-9(13-6)7-2-3-11-5-8(7)10/h2-3,5-6H,4H2,1H3,(H,12,13). The van der Waals surface area contributed by atoms with Crippen LogP contribution in [0.1, 0.15) is 12.5 Å². The van der Waals surface area contributed by atoms with Crippen molar-refractivity contribution in [3.63, 3.8) is 0 Å². The van der Waals surface area contributed by atoms with Gasteiger partial charge in [-0.2, -0.15) is 0 Å². The zero-order valence-electron chi connectivity index (χ0n) is 7.29. The summed E-state index contributed by atoms with van der Waals surface area (Å²) in [7, 11) is 0. The molecule has 1 N–H and O–H groups in total. The van der Waals surface area contributed by atoms with Crippen molar-refractivity contribution >= 4 is 21.8 Å². The van der Waals surface area contributed by atoms with Crippen LogP contribution in [0.3, 0.4) is 0 Å². The van der Waals surface area contributed by atoms with Crippen LogP contribution < -0.4 is 5.32 Å². The lowest BCUT2D eigenvalue weighted by Crippen LogP contribution is -2.27. The van der Waals surface area contributed by atoms with E-state index in [-0.39, 0.29) is 0 Å². The fourth-order valence-electron chi connectivity index (χ4n) is 1.28. The maximum Gasteiger partial charge on any atom is 0.129 e. The van der Waals surface area contributed by atoms with Crippen molar-refractivity contribution in [3.05, 3.63) is 28.5 Å². The van der Waals surface area contributed by atoms with Crippen molar-refractivity contribution in [1.82, 2.24) is 10.3 Å². The van der Waals surface area contributed by atoms with Crippen molar-refractivity contribution in [2.24, 2.45) is 4.99 Å². The largest absolute Gasteiger partial charge is 0.366 e. The maximum atomic E-state index is 4.40. The summed E-state index contributed by atoms with van der Waals surface area (Å²) in [5, 5.41) is 3.30. The summed E-state index contributed by atoms with van der Waals surface area (Å²) < 4.78 is 0.982. The Hall–Kier alpha value is -0.900. The van der Waals surface area contributed by atoms with Crippen LogP contribution >= 0.6 is 15.9 Å². The Bertz CT molecular complexity index is 348. The van der Waals surface area contributed by atoms with E-state index in [2.05, 4.69) is 38.1 Å². The van der Waals surface area contributed by atoms with E-state index in [4.69, 9.17) is 0 Å². The molecule has 1 aliphatic heterocycles. The third-order valence-electron chi connectivity index (χ3n) is 1.93. The number of amidine groups is 1. The van der Waals surface area contributed by atoms with Crippen LogP contribution in [0, 0.1) is 0 Å². The molecule has 1 atom stereocenters. The molecule has 4 heteroatoms. The molecule has 0 bridgehead atoms. The van der Waals surface area contributed by atoms with Crippen LogP contribution in [0.5, 0.6) is 0 Å². The fourth-order valence-corrected chi connectivity index (χ4v) is 1.72.